The van der Waals surface area contributed by atoms with E-state index in [-0.39, 0.29) is 12.9 Å². The van der Waals surface area contributed by atoms with Gasteiger partial charge in [0.15, 0.2) is 6.29 Å². The Morgan fingerprint density at radius 2 is 1.87 bits per heavy atom. The summed E-state index contributed by atoms with van der Waals surface area (Å²) in [4.78, 5) is 0. The first-order chi connectivity index (χ1) is 7.31. The maximum atomic E-state index is 9.02. The van der Waals surface area contributed by atoms with E-state index in [1.54, 1.807) is 0 Å². The van der Waals surface area contributed by atoms with Crippen LogP contribution in [0.3, 0.4) is 0 Å². The minimum Gasteiger partial charge on any atom is -0.392 e. The SMILES string of the molecule is CCOC(OCC)c1cccc(CO)c1. The summed E-state index contributed by atoms with van der Waals surface area (Å²) in [6, 6.07) is 7.61. The predicted octanol–water partition coefficient (Wildman–Crippen LogP) is 2.25. The Kier molecular flexibility index (Phi) is 5.32. The molecule has 1 aromatic carbocycles. The fourth-order valence-electron chi connectivity index (χ4n) is 1.38. The molecule has 0 amide bonds. The van der Waals surface area contributed by atoms with Gasteiger partial charge in [-0.1, -0.05) is 18.2 Å². The second kappa shape index (κ2) is 6.56. The molecule has 0 spiro atoms. The number of benzene rings is 1. The van der Waals surface area contributed by atoms with Gasteiger partial charge in [-0.15, -0.1) is 0 Å². The van der Waals surface area contributed by atoms with Crippen LogP contribution in [0.5, 0.6) is 0 Å². The smallest absolute Gasteiger partial charge is 0.183 e. The zero-order chi connectivity index (χ0) is 11.1. The highest BCUT2D eigenvalue weighted by Gasteiger charge is 2.10. The number of hydrogen-bond acceptors (Lipinski definition) is 3. The number of aliphatic hydroxyl groups is 1. The van der Waals surface area contributed by atoms with Crippen LogP contribution in [0.4, 0.5) is 0 Å². The van der Waals surface area contributed by atoms with E-state index in [0.717, 1.165) is 11.1 Å². The Morgan fingerprint density at radius 1 is 1.20 bits per heavy atom. The van der Waals surface area contributed by atoms with Crippen LogP contribution < -0.4 is 0 Å². The molecule has 15 heavy (non-hydrogen) atoms. The van der Waals surface area contributed by atoms with Crippen molar-refractivity contribution in [3.8, 4) is 0 Å². The highest BCUT2D eigenvalue weighted by Crippen LogP contribution is 2.19. The van der Waals surface area contributed by atoms with Crippen molar-refractivity contribution in [1.82, 2.24) is 0 Å². The lowest BCUT2D eigenvalue weighted by Gasteiger charge is -2.17. The van der Waals surface area contributed by atoms with E-state index in [1.165, 1.54) is 0 Å². The fourth-order valence-corrected chi connectivity index (χ4v) is 1.38. The molecule has 0 aliphatic carbocycles. The van der Waals surface area contributed by atoms with Crippen molar-refractivity contribution < 1.29 is 14.6 Å². The normalized spacial score (nSPS) is 10.9. The first-order valence-corrected chi connectivity index (χ1v) is 5.24. The average molecular weight is 210 g/mol. The predicted molar refractivity (Wildman–Crippen MR) is 58.4 cm³/mol. The first kappa shape index (κ1) is 12.2. The van der Waals surface area contributed by atoms with Crippen molar-refractivity contribution in [2.24, 2.45) is 0 Å². The van der Waals surface area contributed by atoms with Gasteiger partial charge in [-0.05, 0) is 25.5 Å². The molecule has 0 fully saturated rings. The van der Waals surface area contributed by atoms with Gasteiger partial charge in [0.2, 0.25) is 0 Å². The fraction of sp³-hybridized carbons (Fsp3) is 0.500. The molecule has 0 radical (unpaired) electrons. The quantitative estimate of drug-likeness (QED) is 0.732. The molecule has 0 saturated heterocycles. The first-order valence-electron chi connectivity index (χ1n) is 5.24. The minimum absolute atomic E-state index is 0.0405. The van der Waals surface area contributed by atoms with Crippen LogP contribution in [0, 0.1) is 0 Å². The van der Waals surface area contributed by atoms with Crippen molar-refractivity contribution in [2.75, 3.05) is 13.2 Å². The summed E-state index contributed by atoms with van der Waals surface area (Å²) in [5.74, 6) is 0. The molecule has 0 bridgehead atoms. The molecular weight excluding hydrogens is 192 g/mol. The number of ether oxygens (including phenoxy) is 2. The maximum absolute atomic E-state index is 9.02. The molecule has 1 N–H and O–H groups in total. The molecule has 0 unspecified atom stereocenters. The third-order valence-corrected chi connectivity index (χ3v) is 2.04. The van der Waals surface area contributed by atoms with E-state index >= 15 is 0 Å². The molecule has 0 heterocycles. The Hall–Kier alpha value is -0.900. The summed E-state index contributed by atoms with van der Waals surface area (Å²) in [6.07, 6.45) is -0.327. The van der Waals surface area contributed by atoms with Crippen molar-refractivity contribution in [1.29, 1.82) is 0 Å². The number of rotatable bonds is 6. The summed E-state index contributed by atoms with van der Waals surface area (Å²) >= 11 is 0. The lowest BCUT2D eigenvalue weighted by molar-refractivity contribution is -0.140. The van der Waals surface area contributed by atoms with Crippen molar-refractivity contribution >= 4 is 0 Å². The Bertz CT molecular complexity index is 280. The van der Waals surface area contributed by atoms with Gasteiger partial charge in [0.25, 0.3) is 0 Å². The van der Waals surface area contributed by atoms with Crippen LogP contribution in [0.1, 0.15) is 31.3 Å². The molecule has 0 aliphatic rings. The Morgan fingerprint density at radius 3 is 2.40 bits per heavy atom. The van der Waals surface area contributed by atoms with Crippen molar-refractivity contribution in [2.45, 2.75) is 26.7 Å². The lowest BCUT2D eigenvalue weighted by Crippen LogP contribution is -2.09. The average Bonchev–Trinajstić information content (AvgIpc) is 2.29. The molecule has 0 aromatic heterocycles. The van der Waals surface area contributed by atoms with Gasteiger partial charge in [-0.2, -0.15) is 0 Å². The van der Waals surface area contributed by atoms with Crippen LogP contribution in [0.2, 0.25) is 0 Å². The summed E-state index contributed by atoms with van der Waals surface area (Å²) < 4.78 is 10.9. The molecule has 0 aliphatic heterocycles. The third kappa shape index (κ3) is 3.63. The molecule has 1 aromatic rings. The van der Waals surface area contributed by atoms with Crippen LogP contribution in [-0.4, -0.2) is 18.3 Å². The van der Waals surface area contributed by atoms with E-state index in [2.05, 4.69) is 0 Å². The zero-order valence-electron chi connectivity index (χ0n) is 9.27. The van der Waals surface area contributed by atoms with Crippen molar-refractivity contribution in [3.05, 3.63) is 35.4 Å². The molecule has 1 rings (SSSR count). The summed E-state index contributed by atoms with van der Waals surface area (Å²) in [6.45, 7) is 5.12. The van der Waals surface area contributed by atoms with E-state index in [9.17, 15) is 0 Å². The van der Waals surface area contributed by atoms with Gasteiger partial charge in [-0.3, -0.25) is 0 Å². The van der Waals surface area contributed by atoms with Crippen LogP contribution in [0.15, 0.2) is 24.3 Å². The third-order valence-electron chi connectivity index (χ3n) is 2.04. The monoisotopic (exact) mass is 210 g/mol. The zero-order valence-corrected chi connectivity index (χ0v) is 9.27. The molecule has 3 nitrogen and oxygen atoms in total. The van der Waals surface area contributed by atoms with E-state index in [1.807, 2.05) is 38.1 Å². The van der Waals surface area contributed by atoms with Gasteiger partial charge in [0.05, 0.1) is 6.61 Å². The summed E-state index contributed by atoms with van der Waals surface area (Å²) in [5, 5.41) is 9.02. The van der Waals surface area contributed by atoms with Gasteiger partial charge < -0.3 is 14.6 Å². The van der Waals surface area contributed by atoms with Gasteiger partial charge in [0.1, 0.15) is 0 Å². The van der Waals surface area contributed by atoms with Crippen LogP contribution in [-0.2, 0) is 16.1 Å². The highest BCUT2D eigenvalue weighted by atomic mass is 16.7. The topological polar surface area (TPSA) is 38.7 Å². The van der Waals surface area contributed by atoms with Crippen LogP contribution in [0.25, 0.3) is 0 Å². The number of hydrogen-bond donors (Lipinski definition) is 1. The van der Waals surface area contributed by atoms with Gasteiger partial charge in [0, 0.05) is 18.8 Å². The minimum atomic E-state index is -0.327. The lowest BCUT2D eigenvalue weighted by atomic mass is 10.1. The van der Waals surface area contributed by atoms with Crippen molar-refractivity contribution in [3.63, 3.8) is 0 Å². The number of aliphatic hydroxyl groups excluding tert-OH is 1. The summed E-state index contributed by atoms with van der Waals surface area (Å²) in [7, 11) is 0. The van der Waals surface area contributed by atoms with Gasteiger partial charge in [-0.25, -0.2) is 0 Å². The second-order valence-corrected chi connectivity index (χ2v) is 3.15. The molecule has 3 heteroatoms. The standard InChI is InChI=1S/C12H18O3/c1-3-14-12(15-4-2)11-7-5-6-10(8-11)9-13/h5-8,12-13H,3-4,9H2,1-2H3. The largest absolute Gasteiger partial charge is 0.392 e. The highest BCUT2D eigenvalue weighted by molar-refractivity contribution is 5.23. The summed E-state index contributed by atoms with van der Waals surface area (Å²) in [5.41, 5.74) is 1.82. The molecule has 0 atom stereocenters. The van der Waals surface area contributed by atoms with E-state index in [4.69, 9.17) is 14.6 Å². The van der Waals surface area contributed by atoms with Gasteiger partial charge >= 0.3 is 0 Å². The molecule has 0 saturated carbocycles. The maximum Gasteiger partial charge on any atom is 0.183 e. The van der Waals surface area contributed by atoms with Crippen LogP contribution >= 0.6 is 0 Å². The van der Waals surface area contributed by atoms with E-state index in [0.29, 0.717) is 13.2 Å². The van der Waals surface area contributed by atoms with E-state index < -0.39 is 0 Å². The Labute approximate surface area is 90.6 Å². The Balaban J connectivity index is 2.79. The molecular formula is C12H18O3. The second-order valence-electron chi connectivity index (χ2n) is 3.15. The molecule has 84 valence electrons.